The molecule has 3 rings (SSSR count). The Morgan fingerprint density at radius 2 is 2.24 bits per heavy atom. The maximum absolute atomic E-state index is 12.6. The van der Waals surface area contributed by atoms with E-state index in [1.165, 1.54) is 24.7 Å². The summed E-state index contributed by atoms with van der Waals surface area (Å²) in [6, 6.07) is 3.28. The van der Waals surface area contributed by atoms with Crippen molar-refractivity contribution >= 4 is 17.5 Å². The van der Waals surface area contributed by atoms with Crippen LogP contribution in [0.25, 0.3) is 0 Å². The van der Waals surface area contributed by atoms with Crippen molar-refractivity contribution in [1.82, 2.24) is 19.9 Å². The summed E-state index contributed by atoms with van der Waals surface area (Å²) in [5.41, 5.74) is -0.0226. The number of nitrogens with zero attached hydrogens (tertiary/aromatic N) is 4. The number of H-pyrrole nitrogens is 1. The molecule has 2 aromatic heterocycles. The van der Waals surface area contributed by atoms with E-state index in [0.717, 1.165) is 12.8 Å². The first-order valence-corrected chi connectivity index (χ1v) is 8.01. The minimum atomic E-state index is -0.440. The molecule has 2 aromatic rings. The van der Waals surface area contributed by atoms with Gasteiger partial charge in [-0.3, -0.25) is 9.59 Å². The molecule has 0 saturated carbocycles. The number of piperidine rings is 1. The number of pyridine rings is 1. The van der Waals surface area contributed by atoms with Crippen molar-refractivity contribution in [2.75, 3.05) is 13.1 Å². The Labute approximate surface area is 148 Å². The largest absolute Gasteiger partial charge is 0.470 e. The van der Waals surface area contributed by atoms with Gasteiger partial charge in [0.25, 0.3) is 17.3 Å². The van der Waals surface area contributed by atoms with Gasteiger partial charge in [-0.25, -0.2) is 9.97 Å². The number of nitrogens with one attached hydrogen (secondary N) is 1. The number of carbonyl (C=O) groups is 1. The highest BCUT2D eigenvalue weighted by atomic mass is 35.5. The fraction of sp³-hybridized carbons (Fsp3) is 0.312. The van der Waals surface area contributed by atoms with Crippen LogP contribution >= 0.6 is 11.6 Å². The number of hydrogen-bond acceptors (Lipinski definition) is 6. The van der Waals surface area contributed by atoms with Crippen LogP contribution in [0.2, 0.25) is 5.02 Å². The van der Waals surface area contributed by atoms with Crippen molar-refractivity contribution in [3.63, 3.8) is 0 Å². The fourth-order valence-electron chi connectivity index (χ4n) is 2.63. The minimum absolute atomic E-state index is 0.0334. The Morgan fingerprint density at radius 1 is 1.44 bits per heavy atom. The average Bonchev–Trinajstić information content (AvgIpc) is 2.64. The number of nitriles is 1. The summed E-state index contributed by atoms with van der Waals surface area (Å²) in [4.78, 5) is 35.9. The van der Waals surface area contributed by atoms with E-state index in [2.05, 4.69) is 15.0 Å². The smallest absolute Gasteiger partial charge is 0.266 e. The molecule has 1 N–H and O–H groups in total. The Morgan fingerprint density at radius 3 is 3.00 bits per heavy atom. The lowest BCUT2D eigenvalue weighted by molar-refractivity contribution is 0.0525. The molecule has 0 unspecified atom stereocenters. The summed E-state index contributed by atoms with van der Waals surface area (Å²) in [6.07, 6.45) is 5.40. The Bertz CT molecular complexity index is 892. The monoisotopic (exact) mass is 359 g/mol. The zero-order chi connectivity index (χ0) is 17.8. The third-order valence-corrected chi connectivity index (χ3v) is 4.10. The molecule has 128 valence electrons. The average molecular weight is 360 g/mol. The van der Waals surface area contributed by atoms with Gasteiger partial charge in [0.1, 0.15) is 17.2 Å². The van der Waals surface area contributed by atoms with E-state index >= 15 is 0 Å². The molecule has 0 aliphatic carbocycles. The Hall–Kier alpha value is -2.92. The van der Waals surface area contributed by atoms with Gasteiger partial charge in [-0.15, -0.1) is 0 Å². The number of likely N-dealkylation sites (tertiary alicyclic amines) is 1. The molecule has 9 heteroatoms. The maximum atomic E-state index is 12.6. The Balaban J connectivity index is 1.72. The highest BCUT2D eigenvalue weighted by Gasteiger charge is 2.27. The van der Waals surface area contributed by atoms with Gasteiger partial charge < -0.3 is 14.6 Å². The van der Waals surface area contributed by atoms with E-state index in [-0.39, 0.29) is 28.6 Å². The summed E-state index contributed by atoms with van der Waals surface area (Å²) < 4.78 is 5.76. The molecule has 0 spiro atoms. The summed E-state index contributed by atoms with van der Waals surface area (Å²) in [6.45, 7) is 0.915. The lowest BCUT2D eigenvalue weighted by atomic mass is 10.1. The van der Waals surface area contributed by atoms with Gasteiger partial charge in [0.05, 0.1) is 12.1 Å². The summed E-state index contributed by atoms with van der Waals surface area (Å²) >= 11 is 5.78. The van der Waals surface area contributed by atoms with Gasteiger partial charge in [-0.2, -0.15) is 5.26 Å². The van der Waals surface area contributed by atoms with Crippen LogP contribution in [0.5, 0.6) is 5.88 Å². The van der Waals surface area contributed by atoms with Crippen LogP contribution in [-0.2, 0) is 0 Å². The van der Waals surface area contributed by atoms with Gasteiger partial charge in [-0.05, 0) is 18.9 Å². The predicted octanol–water partition coefficient (Wildman–Crippen LogP) is 1.37. The summed E-state index contributed by atoms with van der Waals surface area (Å²) in [5.74, 6) is -0.0810. The number of hydrogen-bond donors (Lipinski definition) is 1. The standard InChI is InChI=1S/C16H14ClN5O3/c17-12-6-10(8-21-14(12)23)16(24)22-5-1-2-11(9-22)25-15-13(7-18)19-3-4-20-15/h3-4,6,8,11H,1-2,5,9H2,(H,21,23)/t11-/m0/s1. The molecule has 1 amide bonds. The zero-order valence-corrected chi connectivity index (χ0v) is 13.9. The molecular weight excluding hydrogens is 346 g/mol. The molecule has 1 fully saturated rings. The third kappa shape index (κ3) is 3.78. The second-order valence-corrected chi connectivity index (χ2v) is 5.93. The molecule has 8 nitrogen and oxygen atoms in total. The van der Waals surface area contributed by atoms with Crippen LogP contribution in [0.1, 0.15) is 28.9 Å². The van der Waals surface area contributed by atoms with Crippen molar-refractivity contribution in [2.24, 2.45) is 0 Å². The van der Waals surface area contributed by atoms with Crippen LogP contribution in [0.4, 0.5) is 0 Å². The van der Waals surface area contributed by atoms with E-state index in [0.29, 0.717) is 18.7 Å². The lowest BCUT2D eigenvalue weighted by Crippen LogP contribution is -2.44. The molecule has 1 aliphatic rings. The van der Waals surface area contributed by atoms with Crippen LogP contribution in [-0.4, -0.2) is 45.0 Å². The van der Waals surface area contributed by atoms with Crippen LogP contribution in [0, 0.1) is 11.3 Å². The molecule has 0 aromatic carbocycles. The highest BCUT2D eigenvalue weighted by molar-refractivity contribution is 6.30. The number of aromatic amines is 1. The van der Waals surface area contributed by atoms with E-state index in [4.69, 9.17) is 21.6 Å². The first-order valence-electron chi connectivity index (χ1n) is 7.63. The van der Waals surface area contributed by atoms with Gasteiger partial charge in [0.15, 0.2) is 0 Å². The van der Waals surface area contributed by atoms with E-state index in [1.807, 2.05) is 6.07 Å². The SMILES string of the molecule is N#Cc1nccnc1O[C@H]1CCCN(C(=O)c2c[nH]c(=O)c(Cl)c2)C1. The van der Waals surface area contributed by atoms with Gasteiger partial charge in [0.2, 0.25) is 5.69 Å². The van der Waals surface area contributed by atoms with Crippen molar-refractivity contribution in [3.05, 3.63) is 51.3 Å². The molecule has 1 saturated heterocycles. The highest BCUT2D eigenvalue weighted by Crippen LogP contribution is 2.20. The normalized spacial score (nSPS) is 17.0. The maximum Gasteiger partial charge on any atom is 0.266 e. The van der Waals surface area contributed by atoms with Gasteiger partial charge in [-0.1, -0.05) is 11.6 Å². The fourth-order valence-corrected chi connectivity index (χ4v) is 2.80. The van der Waals surface area contributed by atoms with Crippen molar-refractivity contribution in [1.29, 1.82) is 5.26 Å². The van der Waals surface area contributed by atoms with Crippen LogP contribution < -0.4 is 10.3 Å². The molecule has 3 heterocycles. The van der Waals surface area contributed by atoms with Crippen molar-refractivity contribution < 1.29 is 9.53 Å². The minimum Gasteiger partial charge on any atom is -0.470 e. The number of aromatic nitrogens is 3. The topological polar surface area (TPSA) is 112 Å². The van der Waals surface area contributed by atoms with Crippen LogP contribution in [0.3, 0.4) is 0 Å². The van der Waals surface area contributed by atoms with Gasteiger partial charge in [0, 0.05) is 25.1 Å². The van der Waals surface area contributed by atoms with E-state index in [1.54, 1.807) is 4.90 Å². The third-order valence-electron chi connectivity index (χ3n) is 3.82. The quantitative estimate of drug-likeness (QED) is 0.885. The Kier molecular flexibility index (Phi) is 4.95. The molecular formula is C16H14ClN5O3. The molecule has 1 aliphatic heterocycles. The van der Waals surface area contributed by atoms with E-state index < -0.39 is 5.56 Å². The summed E-state index contributed by atoms with van der Waals surface area (Å²) in [7, 11) is 0. The zero-order valence-electron chi connectivity index (χ0n) is 13.1. The number of carbonyl (C=O) groups excluding carboxylic acids is 1. The van der Waals surface area contributed by atoms with Crippen LogP contribution in [0.15, 0.2) is 29.5 Å². The molecule has 0 bridgehead atoms. The second kappa shape index (κ2) is 7.32. The second-order valence-electron chi connectivity index (χ2n) is 5.52. The predicted molar refractivity (Wildman–Crippen MR) is 88.4 cm³/mol. The van der Waals surface area contributed by atoms with E-state index in [9.17, 15) is 9.59 Å². The van der Waals surface area contributed by atoms with Crippen molar-refractivity contribution in [2.45, 2.75) is 18.9 Å². The lowest BCUT2D eigenvalue weighted by Gasteiger charge is -2.32. The molecule has 1 atom stereocenters. The molecule has 25 heavy (non-hydrogen) atoms. The number of halogens is 1. The van der Waals surface area contributed by atoms with Gasteiger partial charge >= 0.3 is 0 Å². The number of rotatable bonds is 3. The first kappa shape index (κ1) is 16.9. The number of ether oxygens (including phenoxy) is 1. The number of amides is 1. The summed E-state index contributed by atoms with van der Waals surface area (Å²) in [5, 5.41) is 9.01. The molecule has 0 radical (unpaired) electrons. The first-order chi connectivity index (χ1) is 12.1. The van der Waals surface area contributed by atoms with Crippen molar-refractivity contribution in [3.8, 4) is 11.9 Å².